The molecule has 0 aliphatic carbocycles. The van der Waals surface area contributed by atoms with Crippen LogP contribution in [0.5, 0.6) is 46.0 Å². The van der Waals surface area contributed by atoms with E-state index in [2.05, 4.69) is 4.74 Å². The Morgan fingerprint density at radius 3 is 1.10 bits per heavy atom. The van der Waals surface area contributed by atoms with E-state index in [0.717, 1.165) is 60.7 Å². The van der Waals surface area contributed by atoms with E-state index in [0.29, 0.717) is 11.6 Å². The highest BCUT2D eigenvalue weighted by Crippen LogP contribution is 2.47. The van der Waals surface area contributed by atoms with Crippen LogP contribution in [-0.2, 0) is 16.8 Å². The highest BCUT2D eigenvalue weighted by atomic mass is 19.3. The first-order valence-corrected chi connectivity index (χ1v) is 24.0. The number of phenols is 1. The zero-order valence-electron chi connectivity index (χ0n) is 42.7. The van der Waals surface area contributed by atoms with Crippen molar-refractivity contribution in [3.8, 4) is 68.2 Å². The zero-order valence-corrected chi connectivity index (χ0v) is 42.7. The Balaban J connectivity index is 0.946. The Morgan fingerprint density at radius 2 is 0.724 bits per heavy atom. The molecule has 0 spiro atoms. The van der Waals surface area contributed by atoms with E-state index >= 15 is 52.7 Å². The fourth-order valence-electron chi connectivity index (χ4n) is 8.74. The summed E-state index contributed by atoms with van der Waals surface area (Å²) in [6.45, 7) is 0.824. The number of hydrogen-bond donors (Lipinski definition) is 1. The van der Waals surface area contributed by atoms with Gasteiger partial charge in [0.1, 0.15) is 35.4 Å². The summed E-state index contributed by atoms with van der Waals surface area (Å²) in [4.78, 5) is 12.6. The van der Waals surface area contributed by atoms with Gasteiger partial charge in [-0.05, 0) is 89.8 Å². The van der Waals surface area contributed by atoms with Gasteiger partial charge in [0, 0.05) is 11.5 Å². The van der Waals surface area contributed by atoms with Gasteiger partial charge in [0.15, 0.2) is 58.2 Å². The van der Waals surface area contributed by atoms with Crippen molar-refractivity contribution in [2.75, 3.05) is 0 Å². The quantitative estimate of drug-likeness (QED) is 0.0258. The van der Waals surface area contributed by atoms with Crippen LogP contribution in [0.25, 0.3) is 22.3 Å². The van der Waals surface area contributed by atoms with Crippen molar-refractivity contribution >= 4 is 5.97 Å². The Labute approximate surface area is 473 Å². The van der Waals surface area contributed by atoms with Crippen molar-refractivity contribution in [3.63, 3.8) is 0 Å². The Hall–Kier alpha value is -10.2. The standard InChI is InChI=1S/C60H26F20O7/c1-60(25-5-3-2-4-6-25,26-9-15-29(16-10-26)84-54-48(72)39(63)34(40(64)49(54)73)33-37(61)45(69)47(71)46(70)38(33)62)27-11-17-30(18-12-27)85-55-50(74)41(65)35(42(66)51(55)75)36-43(67)52(76)56(53(77)44(36)68)86-32-20-23(19-28(81)21-32)22-83-59(82)24-7-13-31(14-8-24)87-58(80)57(78)79/h2-21,81H,22H2,1H3. The van der Waals surface area contributed by atoms with Gasteiger partial charge in [-0.2, -0.15) is 39.5 Å². The Kier molecular flexibility index (Phi) is 17.0. The summed E-state index contributed by atoms with van der Waals surface area (Å²) in [6.07, 6.45) is -2.76. The Morgan fingerprint density at radius 1 is 0.391 bits per heavy atom. The number of carbonyl (C=O) groups excluding carboxylic acids is 1. The molecule has 0 aliphatic heterocycles. The van der Waals surface area contributed by atoms with E-state index in [1.54, 1.807) is 37.3 Å². The highest BCUT2D eigenvalue weighted by molar-refractivity contribution is 5.89. The van der Waals surface area contributed by atoms with Crippen LogP contribution in [0.2, 0.25) is 0 Å². The van der Waals surface area contributed by atoms with Crippen LogP contribution < -0.4 is 18.9 Å². The molecule has 1 atom stereocenters. The molecule has 1 N–H and O–H groups in total. The van der Waals surface area contributed by atoms with Crippen LogP contribution in [0.3, 0.4) is 0 Å². The van der Waals surface area contributed by atoms with Gasteiger partial charge >= 0.3 is 18.1 Å². The van der Waals surface area contributed by atoms with Gasteiger partial charge in [-0.25, -0.2) is 53.1 Å². The van der Waals surface area contributed by atoms with E-state index in [9.17, 15) is 45.0 Å². The van der Waals surface area contributed by atoms with Crippen molar-refractivity contribution in [1.29, 1.82) is 0 Å². The van der Waals surface area contributed by atoms with Gasteiger partial charge in [-0.15, -0.1) is 0 Å². The largest absolute Gasteiger partial charge is 0.508 e. The maximum absolute atomic E-state index is 15.8. The monoisotopic (exact) mass is 1240 g/mol. The van der Waals surface area contributed by atoms with Crippen LogP contribution >= 0.6 is 0 Å². The number of halogens is 20. The third-order valence-corrected chi connectivity index (χ3v) is 13.0. The van der Waals surface area contributed by atoms with Gasteiger partial charge in [-0.1, -0.05) is 54.6 Å². The summed E-state index contributed by atoms with van der Waals surface area (Å²) in [5, 5.41) is 10.2. The minimum atomic E-state index is -2.76. The lowest BCUT2D eigenvalue weighted by atomic mass is 9.71. The fraction of sp³-hybridized carbons (Fsp3) is 0.0500. The molecule has 448 valence electrons. The molecule has 7 nitrogen and oxygen atoms in total. The lowest BCUT2D eigenvalue weighted by Crippen LogP contribution is -2.25. The maximum atomic E-state index is 15.8. The second-order valence-electron chi connectivity index (χ2n) is 18.2. The van der Waals surface area contributed by atoms with E-state index in [1.165, 1.54) is 24.3 Å². The summed E-state index contributed by atoms with van der Waals surface area (Å²) in [6, 6.07) is 21.0. The lowest BCUT2D eigenvalue weighted by Gasteiger charge is -2.32. The minimum Gasteiger partial charge on any atom is -0.508 e. The second-order valence-corrected chi connectivity index (χ2v) is 18.2. The number of rotatable bonds is 16. The van der Waals surface area contributed by atoms with Crippen molar-refractivity contribution in [2.24, 2.45) is 0 Å². The van der Waals surface area contributed by atoms with Crippen LogP contribution in [0.15, 0.2) is 133 Å². The van der Waals surface area contributed by atoms with E-state index in [-0.39, 0.29) is 22.3 Å². The summed E-state index contributed by atoms with van der Waals surface area (Å²) in [7, 11) is 0. The molecular weight excluding hydrogens is 1210 g/mol. The first kappa shape index (κ1) is 61.4. The van der Waals surface area contributed by atoms with Crippen molar-refractivity contribution in [2.45, 2.75) is 18.9 Å². The number of hydrogen-bond acceptors (Lipinski definition) is 7. The smallest absolute Gasteiger partial charge is 0.344 e. The number of phenolic OH excluding ortho intramolecular Hbond substituents is 1. The normalized spacial score (nSPS) is 12.0. The number of esters is 1. The Bertz CT molecular complexity index is 4140. The van der Waals surface area contributed by atoms with E-state index in [1.807, 2.05) is 0 Å². The predicted octanol–water partition coefficient (Wildman–Crippen LogP) is 18.6. The number of carbonyl (C=O) groups is 1. The topological polar surface area (TPSA) is 83.5 Å². The molecule has 9 rings (SSSR count). The molecule has 0 aliphatic rings. The van der Waals surface area contributed by atoms with Crippen molar-refractivity contribution in [3.05, 3.63) is 260 Å². The molecule has 27 heteroatoms. The molecule has 0 aromatic heterocycles. The third-order valence-electron chi connectivity index (χ3n) is 13.0. The number of aromatic hydroxyl groups is 1. The predicted molar refractivity (Wildman–Crippen MR) is 263 cm³/mol. The molecule has 0 radical (unpaired) electrons. The molecule has 0 fully saturated rings. The molecule has 0 saturated carbocycles. The fourth-order valence-corrected chi connectivity index (χ4v) is 8.74. The van der Waals surface area contributed by atoms with E-state index in [4.69, 9.17) is 18.9 Å². The van der Waals surface area contributed by atoms with Gasteiger partial charge in [0.25, 0.3) is 0 Å². The summed E-state index contributed by atoms with van der Waals surface area (Å²) in [5.74, 6) is -54.4. The minimum absolute atomic E-state index is 0.222. The molecule has 0 amide bonds. The molecular formula is C60H26F20O7. The van der Waals surface area contributed by atoms with Crippen LogP contribution in [-0.4, -0.2) is 11.1 Å². The highest BCUT2D eigenvalue weighted by Gasteiger charge is 2.39. The van der Waals surface area contributed by atoms with Crippen molar-refractivity contribution < 1.29 is 121 Å². The van der Waals surface area contributed by atoms with E-state index < -0.39 is 197 Å². The zero-order chi connectivity index (χ0) is 63.2. The van der Waals surface area contributed by atoms with Gasteiger partial charge in [0.2, 0.25) is 58.0 Å². The maximum Gasteiger partial charge on any atom is 0.344 e. The molecule has 0 saturated heterocycles. The molecule has 1 unspecified atom stereocenters. The van der Waals surface area contributed by atoms with Crippen molar-refractivity contribution in [1.82, 2.24) is 0 Å². The molecule has 0 heterocycles. The summed E-state index contributed by atoms with van der Waals surface area (Å²) < 4.78 is 320. The average molecular weight is 1240 g/mol. The van der Waals surface area contributed by atoms with Gasteiger partial charge in [0.05, 0.1) is 27.8 Å². The van der Waals surface area contributed by atoms with Gasteiger partial charge < -0.3 is 28.8 Å². The molecule has 9 aromatic rings. The lowest BCUT2D eigenvalue weighted by molar-refractivity contribution is 0.0472. The van der Waals surface area contributed by atoms with Crippen LogP contribution in [0, 0.1) is 98.9 Å². The first-order valence-electron chi connectivity index (χ1n) is 24.0. The number of benzene rings is 9. The van der Waals surface area contributed by atoms with Gasteiger partial charge in [-0.3, -0.25) is 0 Å². The number of ether oxygens (including phenoxy) is 5. The summed E-state index contributed by atoms with van der Waals surface area (Å²) in [5.41, 5.74) is -10.0. The molecule has 0 bridgehead atoms. The third kappa shape index (κ3) is 11.3. The first-order chi connectivity index (χ1) is 41.1. The second kappa shape index (κ2) is 24.0. The molecule has 87 heavy (non-hydrogen) atoms. The van der Waals surface area contributed by atoms with Crippen LogP contribution in [0.4, 0.5) is 87.8 Å². The molecule has 9 aromatic carbocycles. The SMILES string of the molecule is CC(c1ccccc1)(c1ccc(Oc2c(F)c(F)c(-c3c(F)c(F)c(F)c(F)c3F)c(F)c2F)cc1)c1ccc(Oc2c(F)c(F)c(-c3c(F)c(F)c(Oc4cc(O)cc(COC(=O)c5ccc(OC(F)=C(F)F)cc5)c4)c(F)c3F)c(F)c2F)cc1. The average Bonchev–Trinajstić information content (AvgIpc) is 1.16. The van der Waals surface area contributed by atoms with Crippen LogP contribution in [0.1, 0.15) is 39.5 Å². The summed E-state index contributed by atoms with van der Waals surface area (Å²) >= 11 is 0.